The van der Waals surface area contributed by atoms with E-state index >= 15 is 0 Å². The highest BCUT2D eigenvalue weighted by molar-refractivity contribution is 5.77. The van der Waals surface area contributed by atoms with Crippen molar-refractivity contribution in [2.75, 3.05) is 13.7 Å². The number of carbonyl (C=O) groups is 1. The number of carbonyl (C=O) groups excluding carboxylic acids is 1. The van der Waals surface area contributed by atoms with Crippen molar-refractivity contribution >= 4 is 5.91 Å². The molecular formula is C17H17F6N5O2. The number of alkyl halides is 3. The Morgan fingerprint density at radius 2 is 1.87 bits per heavy atom. The van der Waals surface area contributed by atoms with E-state index in [9.17, 15) is 31.1 Å². The Bertz CT molecular complexity index is 932. The third-order valence-corrected chi connectivity index (χ3v) is 4.62. The van der Waals surface area contributed by atoms with Crippen LogP contribution >= 0.6 is 0 Å². The van der Waals surface area contributed by atoms with Gasteiger partial charge in [0.2, 0.25) is 11.7 Å². The van der Waals surface area contributed by atoms with Gasteiger partial charge in [0.05, 0.1) is 13.7 Å². The Labute approximate surface area is 166 Å². The largest absolute Gasteiger partial charge is 0.451 e. The van der Waals surface area contributed by atoms with E-state index in [2.05, 4.69) is 15.7 Å². The lowest BCUT2D eigenvalue weighted by atomic mass is 10.0. The molecule has 0 unspecified atom stereocenters. The Morgan fingerprint density at radius 3 is 2.53 bits per heavy atom. The molecule has 0 fully saturated rings. The van der Waals surface area contributed by atoms with Crippen LogP contribution in [0, 0.1) is 17.5 Å². The van der Waals surface area contributed by atoms with E-state index in [1.54, 1.807) is 0 Å². The fraction of sp³-hybridized carbons (Fsp3) is 0.471. The first-order valence-corrected chi connectivity index (χ1v) is 8.79. The van der Waals surface area contributed by atoms with Gasteiger partial charge < -0.3 is 14.3 Å². The van der Waals surface area contributed by atoms with Crippen molar-refractivity contribution in [2.45, 2.75) is 38.1 Å². The minimum absolute atomic E-state index is 0.00775. The van der Waals surface area contributed by atoms with Crippen molar-refractivity contribution in [1.82, 2.24) is 25.1 Å². The Hall–Kier alpha value is -2.67. The summed E-state index contributed by atoms with van der Waals surface area (Å²) in [5.74, 6) is -5.14. The maximum Gasteiger partial charge on any atom is 0.451 e. The summed E-state index contributed by atoms with van der Waals surface area (Å²) >= 11 is 0. The Morgan fingerprint density at radius 1 is 1.17 bits per heavy atom. The summed E-state index contributed by atoms with van der Waals surface area (Å²) in [6.07, 6.45) is -5.07. The van der Waals surface area contributed by atoms with E-state index in [1.165, 1.54) is 12.0 Å². The standard InChI is InChI=1S/C17H17F6N5O2/c1-30-26-10(4-9-5-12(19)13(20)7-11(9)18)6-15(29)27-2-3-28-14(8-27)24-25-16(28)17(21,22)23/h5,7,10,26H,2-4,6,8H2,1H3/t10-/m1/s1. The maximum absolute atomic E-state index is 13.9. The number of halogens is 6. The van der Waals surface area contributed by atoms with Gasteiger partial charge in [-0.2, -0.15) is 18.7 Å². The van der Waals surface area contributed by atoms with Crippen molar-refractivity contribution in [3.63, 3.8) is 0 Å². The van der Waals surface area contributed by atoms with Crippen LogP contribution in [0.15, 0.2) is 12.1 Å². The second-order valence-electron chi connectivity index (χ2n) is 6.69. The third kappa shape index (κ3) is 4.73. The van der Waals surface area contributed by atoms with Crippen LogP contribution in [-0.2, 0) is 35.3 Å². The molecule has 0 saturated heterocycles. The van der Waals surface area contributed by atoms with E-state index in [-0.39, 0.29) is 43.9 Å². The van der Waals surface area contributed by atoms with Gasteiger partial charge in [-0.25, -0.2) is 13.2 Å². The molecule has 0 saturated carbocycles. The molecule has 2 heterocycles. The van der Waals surface area contributed by atoms with Crippen molar-refractivity contribution < 1.29 is 36.0 Å². The second kappa shape index (κ2) is 8.60. The van der Waals surface area contributed by atoms with E-state index < -0.39 is 41.4 Å². The number of hydrogen-bond donors (Lipinski definition) is 1. The fourth-order valence-electron chi connectivity index (χ4n) is 3.23. The van der Waals surface area contributed by atoms with Crippen molar-refractivity contribution in [1.29, 1.82) is 0 Å². The number of nitrogens with one attached hydrogen (secondary N) is 1. The Kier molecular flexibility index (Phi) is 6.31. The van der Waals surface area contributed by atoms with Crippen molar-refractivity contribution in [3.05, 3.63) is 46.8 Å². The molecule has 1 aliphatic rings. The zero-order valence-corrected chi connectivity index (χ0v) is 15.6. The van der Waals surface area contributed by atoms with Crippen LogP contribution in [0.5, 0.6) is 0 Å². The summed E-state index contributed by atoms with van der Waals surface area (Å²) < 4.78 is 80.0. The quantitative estimate of drug-likeness (QED) is 0.426. The monoisotopic (exact) mass is 437 g/mol. The molecule has 1 N–H and O–H groups in total. The molecule has 30 heavy (non-hydrogen) atoms. The summed E-state index contributed by atoms with van der Waals surface area (Å²) in [6.45, 7) is -0.323. The lowest BCUT2D eigenvalue weighted by Crippen LogP contribution is -2.43. The van der Waals surface area contributed by atoms with Gasteiger partial charge >= 0.3 is 6.18 Å². The second-order valence-corrected chi connectivity index (χ2v) is 6.69. The predicted octanol–water partition coefficient (Wildman–Crippen LogP) is 2.21. The van der Waals surface area contributed by atoms with Gasteiger partial charge in [0.15, 0.2) is 17.5 Å². The van der Waals surface area contributed by atoms with E-state index in [0.29, 0.717) is 12.1 Å². The van der Waals surface area contributed by atoms with E-state index in [4.69, 9.17) is 4.84 Å². The maximum atomic E-state index is 13.9. The van der Waals surface area contributed by atoms with Crippen LogP contribution in [0.25, 0.3) is 0 Å². The summed E-state index contributed by atoms with van der Waals surface area (Å²) in [7, 11) is 1.26. The normalized spacial score (nSPS) is 15.2. The van der Waals surface area contributed by atoms with Crippen LogP contribution in [-0.4, -0.2) is 45.3 Å². The molecule has 1 aliphatic heterocycles. The lowest BCUT2D eigenvalue weighted by molar-refractivity contribution is -0.148. The average Bonchev–Trinajstić information content (AvgIpc) is 3.09. The third-order valence-electron chi connectivity index (χ3n) is 4.62. The van der Waals surface area contributed by atoms with Crippen molar-refractivity contribution in [2.24, 2.45) is 0 Å². The molecule has 164 valence electrons. The fourth-order valence-corrected chi connectivity index (χ4v) is 3.23. The number of nitrogens with zero attached hydrogens (tertiary/aromatic N) is 4. The first-order valence-electron chi connectivity index (χ1n) is 8.79. The molecule has 1 aromatic heterocycles. The summed E-state index contributed by atoms with van der Waals surface area (Å²) in [6, 6.07) is 0.306. The average molecular weight is 437 g/mol. The number of aromatic nitrogens is 3. The molecule has 1 aromatic carbocycles. The van der Waals surface area contributed by atoms with Crippen LogP contribution in [0.4, 0.5) is 26.3 Å². The van der Waals surface area contributed by atoms with E-state index in [1.807, 2.05) is 0 Å². The van der Waals surface area contributed by atoms with Gasteiger partial charge in [-0.1, -0.05) is 0 Å². The number of rotatable bonds is 6. The highest BCUT2D eigenvalue weighted by Gasteiger charge is 2.40. The van der Waals surface area contributed by atoms with Gasteiger partial charge in [-0.05, 0) is 18.1 Å². The van der Waals surface area contributed by atoms with Crippen LogP contribution < -0.4 is 5.48 Å². The van der Waals surface area contributed by atoms with Crippen LogP contribution in [0.1, 0.15) is 23.6 Å². The number of hydroxylamine groups is 1. The lowest BCUT2D eigenvalue weighted by Gasteiger charge is -2.29. The molecule has 13 heteroatoms. The highest BCUT2D eigenvalue weighted by atomic mass is 19.4. The topological polar surface area (TPSA) is 72.3 Å². The van der Waals surface area contributed by atoms with Gasteiger partial charge in [0.25, 0.3) is 0 Å². The van der Waals surface area contributed by atoms with Crippen molar-refractivity contribution in [3.8, 4) is 0 Å². The molecule has 1 atom stereocenters. The summed E-state index contributed by atoms with van der Waals surface area (Å²) in [5.41, 5.74) is 2.33. The molecule has 0 spiro atoms. The number of amides is 1. The van der Waals surface area contributed by atoms with Gasteiger partial charge in [-0.3, -0.25) is 4.79 Å². The number of hydrogen-bond acceptors (Lipinski definition) is 5. The first-order chi connectivity index (χ1) is 14.1. The molecule has 1 amide bonds. The Balaban J connectivity index is 1.69. The molecular weight excluding hydrogens is 420 g/mol. The van der Waals surface area contributed by atoms with Gasteiger partial charge in [0.1, 0.15) is 5.82 Å². The van der Waals surface area contributed by atoms with E-state index in [0.717, 1.165) is 4.57 Å². The van der Waals surface area contributed by atoms with Gasteiger partial charge in [-0.15, -0.1) is 10.2 Å². The number of benzene rings is 1. The number of fused-ring (bicyclic) bond motifs is 1. The van der Waals surface area contributed by atoms with Gasteiger partial charge in [0, 0.05) is 31.6 Å². The smallest absolute Gasteiger partial charge is 0.333 e. The molecule has 3 rings (SSSR count). The van der Waals surface area contributed by atoms with Crippen LogP contribution in [0.2, 0.25) is 0 Å². The molecule has 0 aliphatic carbocycles. The zero-order chi connectivity index (χ0) is 22.1. The summed E-state index contributed by atoms with van der Waals surface area (Å²) in [4.78, 5) is 18.7. The minimum atomic E-state index is -4.65. The molecule has 2 aromatic rings. The summed E-state index contributed by atoms with van der Waals surface area (Å²) in [5, 5.41) is 6.64. The highest BCUT2D eigenvalue weighted by Crippen LogP contribution is 2.29. The molecule has 0 radical (unpaired) electrons. The molecule has 7 nitrogen and oxygen atoms in total. The first kappa shape index (κ1) is 22.0. The molecule has 0 bridgehead atoms. The minimum Gasteiger partial charge on any atom is -0.333 e. The van der Waals surface area contributed by atoms with Crippen LogP contribution in [0.3, 0.4) is 0 Å². The predicted molar refractivity (Wildman–Crippen MR) is 89.0 cm³/mol. The SMILES string of the molecule is CON[C@@H](CC(=O)N1CCn2c(nnc2C(F)(F)F)C1)Cc1cc(F)c(F)cc1F. The zero-order valence-electron chi connectivity index (χ0n) is 15.6.